The van der Waals surface area contributed by atoms with Crippen LogP contribution in [0.2, 0.25) is 0 Å². The van der Waals surface area contributed by atoms with Crippen LogP contribution in [0, 0.1) is 0 Å². The van der Waals surface area contributed by atoms with Crippen LogP contribution in [0.5, 0.6) is 0 Å². The minimum Gasteiger partial charge on any atom is -0.303 e. The number of hydrogen-bond donors (Lipinski definition) is 2. The molecule has 0 amide bonds. The average molecular weight is 386 g/mol. The molecular formula is C18H44O4P2. The fourth-order valence-electron chi connectivity index (χ4n) is 3.13. The molecule has 6 heteroatoms. The van der Waals surface area contributed by atoms with Gasteiger partial charge < -0.3 is 9.79 Å². The van der Waals surface area contributed by atoms with E-state index in [-0.39, 0.29) is 6.61 Å². The Hall–Kier alpha value is 0.540. The third kappa shape index (κ3) is 17.4. The molecule has 150 valence electrons. The van der Waals surface area contributed by atoms with E-state index < -0.39 is 15.1 Å². The first-order chi connectivity index (χ1) is 11.3. The van der Waals surface area contributed by atoms with Gasteiger partial charge in [0.2, 0.25) is 0 Å². The molecule has 0 saturated carbocycles. The van der Waals surface area contributed by atoms with Gasteiger partial charge in [-0.25, -0.2) is 4.57 Å². The molecule has 0 atom stereocenters. The van der Waals surface area contributed by atoms with Gasteiger partial charge in [-0.2, -0.15) is 0 Å². The Kier molecular flexibility index (Phi) is 18.9. The Bertz CT molecular complexity index is 268. The number of phosphoric ester groups is 1. The third-order valence-corrected chi connectivity index (χ3v) is 10.8. The Labute approximate surface area is 151 Å². The molecule has 0 aliphatic heterocycles. The second-order valence-corrected chi connectivity index (χ2v) is 13.1. The van der Waals surface area contributed by atoms with E-state index >= 15 is 0 Å². The molecule has 0 aromatic rings. The standard InChI is InChI=1S/C16H37P.C2H7O4P/c1-5-9-13-17(14-10-6-2,15-11-7-3)16-12-8-4;1-2-6-7(3,4)5/h17H,5-16H2,1-4H3;2H2,1H3,(H2,3,4,5). The number of phosphoric acid groups is 1. The van der Waals surface area contributed by atoms with Crippen LogP contribution in [-0.4, -0.2) is 41.0 Å². The molecule has 24 heavy (non-hydrogen) atoms. The Morgan fingerprint density at radius 2 is 1.00 bits per heavy atom. The molecule has 0 aromatic carbocycles. The summed E-state index contributed by atoms with van der Waals surface area (Å²) in [6.07, 6.45) is 18.1. The Morgan fingerprint density at radius 1 is 0.708 bits per heavy atom. The largest absolute Gasteiger partial charge is 0.469 e. The zero-order valence-corrected chi connectivity index (χ0v) is 18.7. The van der Waals surface area contributed by atoms with Crippen LogP contribution < -0.4 is 0 Å². The SMILES string of the molecule is CCCC[PH](CCCC)(CCCC)CCCC.CCOP(=O)(O)O. The van der Waals surface area contributed by atoms with Crippen molar-refractivity contribution in [1.29, 1.82) is 0 Å². The van der Waals surface area contributed by atoms with E-state index in [1.807, 2.05) is 0 Å². The predicted octanol–water partition coefficient (Wildman–Crippen LogP) is 6.05. The van der Waals surface area contributed by atoms with Crippen LogP contribution in [0.3, 0.4) is 0 Å². The topological polar surface area (TPSA) is 66.8 Å². The summed E-state index contributed by atoms with van der Waals surface area (Å²) in [4.78, 5) is 15.8. The quantitative estimate of drug-likeness (QED) is 0.357. The first-order valence-corrected chi connectivity index (χ1v) is 14.4. The summed E-state index contributed by atoms with van der Waals surface area (Å²) in [6, 6.07) is 0. The minimum atomic E-state index is -4.17. The van der Waals surface area contributed by atoms with E-state index in [4.69, 9.17) is 9.79 Å². The van der Waals surface area contributed by atoms with Gasteiger partial charge in [0.15, 0.2) is 0 Å². The summed E-state index contributed by atoms with van der Waals surface area (Å²) >= 11 is 0. The third-order valence-electron chi connectivity index (χ3n) is 4.54. The van der Waals surface area contributed by atoms with Crippen molar-refractivity contribution in [3.05, 3.63) is 0 Å². The first kappa shape index (κ1) is 26.8. The second kappa shape index (κ2) is 17.0. The van der Waals surface area contributed by atoms with Crippen LogP contribution in [0.25, 0.3) is 0 Å². The summed E-state index contributed by atoms with van der Waals surface area (Å²) in [5.41, 5.74) is 0. The predicted molar refractivity (Wildman–Crippen MR) is 111 cm³/mol. The maximum absolute atomic E-state index is 9.70. The van der Waals surface area contributed by atoms with Gasteiger partial charge in [-0.05, 0) is 6.92 Å². The van der Waals surface area contributed by atoms with Gasteiger partial charge in [-0.15, -0.1) is 0 Å². The monoisotopic (exact) mass is 386 g/mol. The molecule has 0 rings (SSSR count). The van der Waals surface area contributed by atoms with Crippen molar-refractivity contribution in [3.8, 4) is 0 Å². The molecule has 0 bridgehead atoms. The average Bonchev–Trinajstić information content (AvgIpc) is 2.53. The van der Waals surface area contributed by atoms with Gasteiger partial charge in [0.1, 0.15) is 0 Å². The first-order valence-electron chi connectivity index (χ1n) is 10.0. The smallest absolute Gasteiger partial charge is 0.303 e. The fraction of sp³-hybridized carbons (Fsp3) is 1.00. The van der Waals surface area contributed by atoms with Crippen molar-refractivity contribution in [2.75, 3.05) is 31.3 Å². The molecule has 0 aliphatic carbocycles. The summed E-state index contributed by atoms with van der Waals surface area (Å²) in [5, 5.41) is 0. The van der Waals surface area contributed by atoms with Crippen LogP contribution in [0.1, 0.15) is 86.0 Å². The van der Waals surface area contributed by atoms with Crippen molar-refractivity contribution < 1.29 is 18.9 Å². The van der Waals surface area contributed by atoms with E-state index in [2.05, 4.69) is 32.2 Å². The minimum absolute atomic E-state index is 0.0459. The van der Waals surface area contributed by atoms with Gasteiger partial charge >= 0.3 is 119 Å². The van der Waals surface area contributed by atoms with Gasteiger partial charge in [0, 0.05) is 0 Å². The molecule has 0 saturated heterocycles. The Balaban J connectivity index is 0. The summed E-state index contributed by atoms with van der Waals surface area (Å²) in [6.45, 7) is 11.0. The summed E-state index contributed by atoms with van der Waals surface area (Å²) in [5.74, 6) is 0. The van der Waals surface area contributed by atoms with Crippen LogP contribution in [0.15, 0.2) is 0 Å². The van der Waals surface area contributed by atoms with Crippen molar-refractivity contribution in [2.24, 2.45) is 0 Å². The van der Waals surface area contributed by atoms with E-state index in [9.17, 15) is 4.57 Å². The number of rotatable bonds is 14. The normalized spacial score (nSPS) is 12.6. The van der Waals surface area contributed by atoms with E-state index in [1.165, 1.54) is 58.3 Å². The molecule has 0 spiro atoms. The second-order valence-electron chi connectivity index (χ2n) is 6.82. The van der Waals surface area contributed by atoms with Crippen molar-refractivity contribution in [3.63, 3.8) is 0 Å². The van der Waals surface area contributed by atoms with E-state index in [1.54, 1.807) is 24.6 Å². The molecule has 0 aromatic heterocycles. The summed E-state index contributed by atoms with van der Waals surface area (Å²) in [7, 11) is -5.05. The molecule has 0 unspecified atom stereocenters. The van der Waals surface area contributed by atoms with Crippen molar-refractivity contribution in [1.82, 2.24) is 0 Å². The molecule has 4 nitrogen and oxygen atoms in total. The van der Waals surface area contributed by atoms with Gasteiger partial charge in [0.05, 0.1) is 6.61 Å². The fourth-order valence-corrected chi connectivity index (χ4v) is 9.38. The van der Waals surface area contributed by atoms with Crippen LogP contribution in [-0.2, 0) is 9.09 Å². The molecule has 2 N–H and O–H groups in total. The van der Waals surface area contributed by atoms with E-state index in [0.717, 1.165) is 0 Å². The molecule has 0 radical (unpaired) electrons. The zero-order valence-electron chi connectivity index (χ0n) is 16.9. The van der Waals surface area contributed by atoms with Gasteiger partial charge in [-0.3, -0.25) is 4.52 Å². The number of unbranched alkanes of at least 4 members (excludes halogenated alkanes) is 4. The maximum atomic E-state index is 9.70. The molecular weight excluding hydrogens is 342 g/mol. The maximum Gasteiger partial charge on any atom is 0.469 e. The molecule has 0 fully saturated rings. The zero-order chi connectivity index (χ0) is 18.9. The molecule has 0 aliphatic rings. The Morgan fingerprint density at radius 3 is 1.12 bits per heavy atom. The van der Waals surface area contributed by atoms with Crippen LogP contribution in [0.4, 0.5) is 0 Å². The number of hydrogen-bond acceptors (Lipinski definition) is 2. The van der Waals surface area contributed by atoms with Gasteiger partial charge in [0.25, 0.3) is 0 Å². The molecule has 0 heterocycles. The van der Waals surface area contributed by atoms with Crippen molar-refractivity contribution >= 4 is 15.1 Å². The van der Waals surface area contributed by atoms with E-state index in [0.29, 0.717) is 0 Å². The summed E-state index contributed by atoms with van der Waals surface area (Å²) < 4.78 is 13.6. The van der Waals surface area contributed by atoms with Gasteiger partial charge in [-0.1, -0.05) is 0 Å². The van der Waals surface area contributed by atoms with Crippen molar-refractivity contribution in [2.45, 2.75) is 86.0 Å². The van der Waals surface area contributed by atoms with Crippen LogP contribution >= 0.6 is 15.1 Å².